The van der Waals surface area contributed by atoms with E-state index in [1.165, 1.54) is 96.3 Å². The van der Waals surface area contributed by atoms with Crippen LogP contribution in [0.3, 0.4) is 0 Å². The number of hydrogen-bond donors (Lipinski definition) is 2. The van der Waals surface area contributed by atoms with E-state index in [2.05, 4.69) is 43.5 Å². The van der Waals surface area contributed by atoms with Gasteiger partial charge in [-0.15, -0.1) is 0 Å². The van der Waals surface area contributed by atoms with Gasteiger partial charge in [0.1, 0.15) is 13.2 Å². The van der Waals surface area contributed by atoms with Crippen LogP contribution in [0.25, 0.3) is 0 Å². The lowest BCUT2D eigenvalue weighted by Crippen LogP contribution is -2.45. The first-order valence-electron chi connectivity index (χ1n) is 20.9. The van der Waals surface area contributed by atoms with Crippen LogP contribution in [0.4, 0.5) is 0 Å². The van der Waals surface area contributed by atoms with Crippen LogP contribution in [0.1, 0.15) is 174 Å². The number of unbranched alkanes of at least 4 members (excludes halogenated alkanes) is 20. The van der Waals surface area contributed by atoms with Crippen molar-refractivity contribution in [3.63, 3.8) is 0 Å². The Balaban J connectivity index is 4.25. The Morgan fingerprint density at radius 2 is 1.10 bits per heavy atom. The number of carbonyl (C=O) groups excluding carboxylic acids is 1. The lowest BCUT2D eigenvalue weighted by atomic mass is 10.0. The summed E-state index contributed by atoms with van der Waals surface area (Å²) in [4.78, 5) is 24.9. The highest BCUT2D eigenvalue weighted by Crippen LogP contribution is 2.38. The number of carbonyl (C=O) groups is 1. The average Bonchev–Trinajstić information content (AvgIpc) is 3.07. The number of phosphoric acid groups is 1. The number of aliphatic hydroxyl groups is 1. The predicted molar refractivity (Wildman–Crippen MR) is 215 cm³/mol. The Morgan fingerprint density at radius 3 is 1.59 bits per heavy atom. The van der Waals surface area contributed by atoms with Crippen LogP contribution in [-0.4, -0.2) is 68.5 Å². The maximum absolute atomic E-state index is 12.6. The van der Waals surface area contributed by atoms with Crippen molar-refractivity contribution >= 4 is 13.7 Å². The smallest absolute Gasteiger partial charge is 0.268 e. The summed E-state index contributed by atoms with van der Waals surface area (Å²) in [5, 5.41) is 13.6. The highest BCUT2D eigenvalue weighted by atomic mass is 31.2. The molecular weight excluding hydrogens is 659 g/mol. The van der Waals surface area contributed by atoms with E-state index < -0.39 is 26.6 Å². The molecule has 0 aliphatic heterocycles. The molecule has 0 heterocycles. The number of nitrogens with one attached hydrogen (secondary N) is 1. The van der Waals surface area contributed by atoms with Gasteiger partial charge in [0.25, 0.3) is 7.82 Å². The molecule has 51 heavy (non-hydrogen) atoms. The molecule has 0 aliphatic rings. The van der Waals surface area contributed by atoms with E-state index in [4.69, 9.17) is 9.05 Å². The van der Waals surface area contributed by atoms with Gasteiger partial charge in [0, 0.05) is 6.42 Å². The van der Waals surface area contributed by atoms with Crippen LogP contribution in [0, 0.1) is 0 Å². The quantitative estimate of drug-likeness (QED) is 0.0284. The molecule has 0 fully saturated rings. The SMILES string of the molecule is CCCCCCCCCCCCCCCC/C=C/CC/C=C/CC/C=C/C(O)C(COP(=O)([O-])OCC[N+](C)(C)C)NC(=O)CCCCCCC. The molecule has 0 saturated heterocycles. The molecule has 0 aromatic heterocycles. The zero-order valence-electron chi connectivity index (χ0n) is 33.8. The molecule has 0 aromatic rings. The minimum absolute atomic E-state index is 0.00907. The summed E-state index contributed by atoms with van der Waals surface area (Å²) < 4.78 is 23.0. The number of nitrogens with zero attached hydrogens (tertiary/aromatic N) is 1. The maximum atomic E-state index is 12.6. The Kier molecular flexibility index (Phi) is 33.6. The molecular formula is C42H81N2O6P. The summed E-state index contributed by atoms with van der Waals surface area (Å²) >= 11 is 0. The topological polar surface area (TPSA) is 108 Å². The summed E-state index contributed by atoms with van der Waals surface area (Å²) in [7, 11) is 1.23. The molecule has 0 aromatic carbocycles. The average molecular weight is 741 g/mol. The Morgan fingerprint density at radius 1 is 0.667 bits per heavy atom. The van der Waals surface area contributed by atoms with Crippen LogP contribution >= 0.6 is 7.82 Å². The second-order valence-electron chi connectivity index (χ2n) is 15.3. The molecule has 3 atom stereocenters. The van der Waals surface area contributed by atoms with Crippen LogP contribution in [0.15, 0.2) is 36.5 Å². The number of quaternary nitrogens is 1. The molecule has 0 saturated carbocycles. The summed E-state index contributed by atoms with van der Waals surface area (Å²) in [6.45, 7) is 4.51. The van der Waals surface area contributed by atoms with Crippen molar-refractivity contribution in [2.24, 2.45) is 0 Å². The first-order chi connectivity index (χ1) is 24.5. The van der Waals surface area contributed by atoms with E-state index in [1.54, 1.807) is 6.08 Å². The Bertz CT molecular complexity index is 933. The lowest BCUT2D eigenvalue weighted by Gasteiger charge is -2.29. The fraction of sp³-hybridized carbons (Fsp3) is 0.833. The van der Waals surface area contributed by atoms with E-state index in [-0.39, 0.29) is 12.5 Å². The maximum Gasteiger partial charge on any atom is 0.268 e. The van der Waals surface area contributed by atoms with Gasteiger partial charge in [0.05, 0.1) is 39.9 Å². The number of likely N-dealkylation sites (N-methyl/N-ethyl adjacent to an activating group) is 1. The second-order valence-corrected chi connectivity index (χ2v) is 16.7. The first kappa shape index (κ1) is 49.7. The van der Waals surface area contributed by atoms with E-state index in [9.17, 15) is 19.4 Å². The van der Waals surface area contributed by atoms with Crippen molar-refractivity contribution in [3.8, 4) is 0 Å². The lowest BCUT2D eigenvalue weighted by molar-refractivity contribution is -0.870. The van der Waals surface area contributed by atoms with Gasteiger partial charge in [-0.25, -0.2) is 0 Å². The number of phosphoric ester groups is 1. The van der Waals surface area contributed by atoms with Crippen LogP contribution in [-0.2, 0) is 18.4 Å². The van der Waals surface area contributed by atoms with Crippen molar-refractivity contribution in [1.29, 1.82) is 0 Å². The van der Waals surface area contributed by atoms with Gasteiger partial charge >= 0.3 is 0 Å². The van der Waals surface area contributed by atoms with Gasteiger partial charge in [0.15, 0.2) is 0 Å². The van der Waals surface area contributed by atoms with Crippen LogP contribution in [0.2, 0.25) is 0 Å². The molecule has 0 radical (unpaired) electrons. The number of rotatable bonds is 37. The molecule has 1 amide bonds. The third-order valence-corrected chi connectivity index (χ3v) is 10.0. The third kappa shape index (κ3) is 36.9. The van der Waals surface area contributed by atoms with E-state index >= 15 is 0 Å². The fourth-order valence-corrected chi connectivity index (χ4v) is 6.43. The Hall–Kier alpha value is -1.28. The van der Waals surface area contributed by atoms with Gasteiger partial charge in [-0.3, -0.25) is 9.36 Å². The standard InChI is InChI=1S/C42H81N2O6P/c1-6-8-10-12-13-14-15-16-17-18-19-20-21-22-23-24-25-26-27-28-29-30-32-33-35-41(45)40(43-42(46)36-34-31-11-9-7-2)39-50-51(47,48)49-38-37-44(3,4)5/h24-25,28-29,33,35,40-41,45H,6-23,26-27,30-32,34,36-39H2,1-5H3,(H-,43,46,47,48)/b25-24+,29-28+,35-33+. The monoisotopic (exact) mass is 741 g/mol. The summed E-state index contributed by atoms with van der Waals surface area (Å²) in [6.07, 6.45) is 41.1. The molecule has 3 unspecified atom stereocenters. The molecule has 9 heteroatoms. The van der Waals surface area contributed by atoms with Gasteiger partial charge in [-0.2, -0.15) is 0 Å². The van der Waals surface area contributed by atoms with E-state index in [1.807, 2.05) is 27.2 Å². The van der Waals surface area contributed by atoms with Gasteiger partial charge < -0.3 is 28.8 Å². The van der Waals surface area contributed by atoms with E-state index in [0.717, 1.165) is 57.8 Å². The normalized spacial score (nSPS) is 14.9. The molecule has 2 N–H and O–H groups in total. The van der Waals surface area contributed by atoms with Crippen LogP contribution < -0.4 is 10.2 Å². The van der Waals surface area contributed by atoms with Crippen molar-refractivity contribution < 1.29 is 32.9 Å². The van der Waals surface area contributed by atoms with Crippen molar-refractivity contribution in [3.05, 3.63) is 36.5 Å². The van der Waals surface area contributed by atoms with Crippen LogP contribution in [0.5, 0.6) is 0 Å². The predicted octanol–water partition coefficient (Wildman–Crippen LogP) is 10.5. The number of allylic oxidation sites excluding steroid dienone is 5. The minimum atomic E-state index is -4.58. The van der Waals surface area contributed by atoms with Gasteiger partial charge in [-0.1, -0.05) is 159 Å². The highest BCUT2D eigenvalue weighted by Gasteiger charge is 2.23. The summed E-state index contributed by atoms with van der Waals surface area (Å²) in [5.41, 5.74) is 0. The van der Waals surface area contributed by atoms with Crippen molar-refractivity contribution in [1.82, 2.24) is 5.32 Å². The van der Waals surface area contributed by atoms with E-state index in [0.29, 0.717) is 17.4 Å². The molecule has 300 valence electrons. The Labute approximate surface area is 315 Å². The number of amides is 1. The number of hydrogen-bond acceptors (Lipinski definition) is 6. The minimum Gasteiger partial charge on any atom is -0.756 e. The zero-order chi connectivity index (χ0) is 37.9. The third-order valence-electron chi connectivity index (χ3n) is 9.08. The van der Waals surface area contributed by atoms with Crippen molar-refractivity contribution in [2.75, 3.05) is 40.9 Å². The first-order valence-corrected chi connectivity index (χ1v) is 22.3. The fourth-order valence-electron chi connectivity index (χ4n) is 5.71. The molecule has 0 spiro atoms. The zero-order valence-corrected chi connectivity index (χ0v) is 34.7. The molecule has 8 nitrogen and oxygen atoms in total. The van der Waals surface area contributed by atoms with Crippen molar-refractivity contribution in [2.45, 2.75) is 187 Å². The van der Waals surface area contributed by atoms with Gasteiger partial charge in [-0.05, 0) is 44.9 Å². The highest BCUT2D eigenvalue weighted by molar-refractivity contribution is 7.45. The molecule has 0 rings (SSSR count). The largest absolute Gasteiger partial charge is 0.756 e. The summed E-state index contributed by atoms with van der Waals surface area (Å²) in [6, 6.07) is -0.902. The van der Waals surface area contributed by atoms with Gasteiger partial charge in [0.2, 0.25) is 5.91 Å². The molecule has 0 aliphatic carbocycles. The molecule has 0 bridgehead atoms. The number of aliphatic hydroxyl groups excluding tert-OH is 1. The second kappa shape index (κ2) is 34.5. The summed E-state index contributed by atoms with van der Waals surface area (Å²) in [5.74, 6) is -0.226.